The summed E-state index contributed by atoms with van der Waals surface area (Å²) in [7, 11) is 0. The second kappa shape index (κ2) is 2.93. The van der Waals surface area contributed by atoms with Crippen LogP contribution in [-0.2, 0) is 0 Å². The summed E-state index contributed by atoms with van der Waals surface area (Å²) in [5.74, 6) is 1.42. The Balaban J connectivity index is 2.46. The van der Waals surface area contributed by atoms with E-state index in [4.69, 9.17) is 4.52 Å². The summed E-state index contributed by atoms with van der Waals surface area (Å²) in [6.45, 7) is 3.64. The van der Waals surface area contributed by atoms with Crippen molar-refractivity contribution in [1.29, 1.82) is 0 Å². The topological polar surface area (TPSA) is 64.7 Å². The average molecular weight is 176 g/mol. The fourth-order valence-electron chi connectivity index (χ4n) is 0.940. The largest absolute Gasteiger partial charge is 0.330 e. The number of hydrogen-bond acceptors (Lipinski definition) is 5. The number of aromatic nitrogens is 4. The molecule has 2 rings (SSSR count). The minimum atomic E-state index is 0.362. The van der Waals surface area contributed by atoms with Crippen LogP contribution in [-0.4, -0.2) is 20.1 Å². The van der Waals surface area contributed by atoms with Gasteiger partial charge >= 0.3 is 0 Å². The Morgan fingerprint density at radius 2 is 2.08 bits per heavy atom. The smallest absolute Gasteiger partial charge is 0.295 e. The second-order valence-electron chi connectivity index (χ2n) is 2.67. The summed E-state index contributed by atoms with van der Waals surface area (Å²) in [5, 5.41) is 3.66. The SMILES string of the molecule is Cc1ccnc(-c2nc(C)no2)n1. The van der Waals surface area contributed by atoms with Crippen LogP contribution < -0.4 is 0 Å². The van der Waals surface area contributed by atoms with Gasteiger partial charge in [0, 0.05) is 11.9 Å². The highest BCUT2D eigenvalue weighted by Crippen LogP contribution is 2.10. The molecular formula is C8H8N4O. The van der Waals surface area contributed by atoms with Crippen LogP contribution in [0, 0.1) is 13.8 Å². The monoisotopic (exact) mass is 176 g/mol. The molecule has 2 aromatic rings. The van der Waals surface area contributed by atoms with Gasteiger partial charge in [0.05, 0.1) is 0 Å². The highest BCUT2D eigenvalue weighted by atomic mass is 16.5. The quantitative estimate of drug-likeness (QED) is 0.651. The average Bonchev–Trinajstić information content (AvgIpc) is 2.52. The van der Waals surface area contributed by atoms with E-state index in [0.717, 1.165) is 5.69 Å². The van der Waals surface area contributed by atoms with E-state index in [1.165, 1.54) is 0 Å². The van der Waals surface area contributed by atoms with Crippen molar-refractivity contribution in [1.82, 2.24) is 20.1 Å². The fraction of sp³-hybridized carbons (Fsp3) is 0.250. The van der Waals surface area contributed by atoms with E-state index in [9.17, 15) is 0 Å². The molecule has 0 fully saturated rings. The van der Waals surface area contributed by atoms with Gasteiger partial charge in [-0.05, 0) is 19.9 Å². The molecule has 0 bridgehead atoms. The summed E-state index contributed by atoms with van der Waals surface area (Å²) in [4.78, 5) is 12.2. The third-order valence-electron chi connectivity index (χ3n) is 1.51. The van der Waals surface area contributed by atoms with Crippen LogP contribution in [0.3, 0.4) is 0 Å². The van der Waals surface area contributed by atoms with E-state index in [1.807, 2.05) is 13.0 Å². The zero-order chi connectivity index (χ0) is 9.26. The molecule has 0 N–H and O–H groups in total. The van der Waals surface area contributed by atoms with E-state index < -0.39 is 0 Å². The molecule has 0 atom stereocenters. The summed E-state index contributed by atoms with van der Waals surface area (Å²) >= 11 is 0. The zero-order valence-corrected chi connectivity index (χ0v) is 7.35. The molecular weight excluding hydrogens is 168 g/mol. The minimum absolute atomic E-state index is 0.362. The predicted octanol–water partition coefficient (Wildman–Crippen LogP) is 1.14. The lowest BCUT2D eigenvalue weighted by Gasteiger charge is -1.92. The van der Waals surface area contributed by atoms with Gasteiger partial charge in [-0.2, -0.15) is 4.98 Å². The van der Waals surface area contributed by atoms with Gasteiger partial charge in [0.25, 0.3) is 5.89 Å². The Kier molecular flexibility index (Phi) is 1.77. The summed E-state index contributed by atoms with van der Waals surface area (Å²) in [5.41, 5.74) is 0.876. The van der Waals surface area contributed by atoms with Gasteiger partial charge in [0.15, 0.2) is 5.82 Å². The molecule has 0 saturated carbocycles. The second-order valence-corrected chi connectivity index (χ2v) is 2.67. The van der Waals surface area contributed by atoms with E-state index in [-0.39, 0.29) is 0 Å². The van der Waals surface area contributed by atoms with Crippen molar-refractivity contribution in [3.63, 3.8) is 0 Å². The Hall–Kier alpha value is -1.78. The van der Waals surface area contributed by atoms with E-state index >= 15 is 0 Å². The van der Waals surface area contributed by atoms with Gasteiger partial charge in [-0.3, -0.25) is 0 Å². The molecule has 0 aliphatic rings. The van der Waals surface area contributed by atoms with Crippen molar-refractivity contribution in [3.05, 3.63) is 23.8 Å². The van der Waals surface area contributed by atoms with Crippen molar-refractivity contribution < 1.29 is 4.52 Å². The fourth-order valence-corrected chi connectivity index (χ4v) is 0.940. The normalized spacial score (nSPS) is 10.3. The summed E-state index contributed by atoms with van der Waals surface area (Å²) < 4.78 is 4.92. The maximum absolute atomic E-state index is 4.92. The first-order valence-electron chi connectivity index (χ1n) is 3.86. The van der Waals surface area contributed by atoms with Crippen LogP contribution in [0.5, 0.6) is 0 Å². The standard InChI is InChI=1S/C8H8N4O/c1-5-3-4-9-7(10-5)8-11-6(2)12-13-8/h3-4H,1-2H3. The minimum Gasteiger partial charge on any atom is -0.330 e. The van der Waals surface area contributed by atoms with Crippen LogP contribution in [0.25, 0.3) is 11.7 Å². The zero-order valence-electron chi connectivity index (χ0n) is 7.35. The predicted molar refractivity (Wildman–Crippen MR) is 44.8 cm³/mol. The van der Waals surface area contributed by atoms with Gasteiger partial charge in [0.2, 0.25) is 5.82 Å². The number of aryl methyl sites for hydroxylation is 2. The van der Waals surface area contributed by atoms with Crippen molar-refractivity contribution in [2.45, 2.75) is 13.8 Å². The number of hydrogen-bond donors (Lipinski definition) is 0. The van der Waals surface area contributed by atoms with Crippen LogP contribution in [0.1, 0.15) is 11.5 Å². The lowest BCUT2D eigenvalue weighted by Crippen LogP contribution is -1.90. The van der Waals surface area contributed by atoms with Crippen molar-refractivity contribution >= 4 is 0 Å². The molecule has 0 aromatic carbocycles. The molecule has 0 aliphatic carbocycles. The van der Waals surface area contributed by atoms with Gasteiger partial charge in [-0.15, -0.1) is 0 Å². The lowest BCUT2D eigenvalue weighted by atomic mass is 10.4. The first-order valence-corrected chi connectivity index (χ1v) is 3.86. The third-order valence-corrected chi connectivity index (χ3v) is 1.51. The molecule has 66 valence electrons. The van der Waals surface area contributed by atoms with E-state index in [2.05, 4.69) is 20.1 Å². The van der Waals surface area contributed by atoms with Crippen LogP contribution in [0.15, 0.2) is 16.8 Å². The Morgan fingerprint density at radius 1 is 1.23 bits per heavy atom. The van der Waals surface area contributed by atoms with E-state index in [1.54, 1.807) is 13.1 Å². The van der Waals surface area contributed by atoms with Crippen LogP contribution in [0.2, 0.25) is 0 Å². The molecule has 0 amide bonds. The van der Waals surface area contributed by atoms with Gasteiger partial charge in [-0.1, -0.05) is 5.16 Å². The van der Waals surface area contributed by atoms with Gasteiger partial charge in [0.1, 0.15) is 0 Å². The Bertz CT molecular complexity index is 424. The highest BCUT2D eigenvalue weighted by molar-refractivity contribution is 5.38. The lowest BCUT2D eigenvalue weighted by molar-refractivity contribution is 0.423. The molecule has 2 aromatic heterocycles. The molecule has 2 heterocycles. The molecule has 0 spiro atoms. The summed E-state index contributed by atoms with van der Waals surface area (Å²) in [6.07, 6.45) is 1.66. The molecule has 13 heavy (non-hydrogen) atoms. The third kappa shape index (κ3) is 1.53. The Labute approximate surface area is 74.8 Å². The van der Waals surface area contributed by atoms with Crippen molar-refractivity contribution in [3.8, 4) is 11.7 Å². The Morgan fingerprint density at radius 3 is 2.69 bits per heavy atom. The molecule has 0 radical (unpaired) electrons. The van der Waals surface area contributed by atoms with Crippen LogP contribution >= 0.6 is 0 Å². The van der Waals surface area contributed by atoms with Gasteiger partial charge in [-0.25, -0.2) is 9.97 Å². The number of nitrogens with zero attached hydrogens (tertiary/aromatic N) is 4. The molecule has 0 saturated heterocycles. The molecule has 0 unspecified atom stereocenters. The molecule has 5 heteroatoms. The van der Waals surface area contributed by atoms with Crippen molar-refractivity contribution in [2.75, 3.05) is 0 Å². The maximum Gasteiger partial charge on any atom is 0.295 e. The first kappa shape index (κ1) is 7.85. The summed E-state index contributed by atoms with van der Waals surface area (Å²) in [6, 6.07) is 1.81. The molecule has 0 aliphatic heterocycles. The molecule has 5 nitrogen and oxygen atoms in total. The van der Waals surface area contributed by atoms with E-state index in [0.29, 0.717) is 17.5 Å². The van der Waals surface area contributed by atoms with Crippen molar-refractivity contribution in [2.24, 2.45) is 0 Å². The van der Waals surface area contributed by atoms with Crippen LogP contribution in [0.4, 0.5) is 0 Å². The maximum atomic E-state index is 4.92. The number of rotatable bonds is 1. The van der Waals surface area contributed by atoms with Gasteiger partial charge < -0.3 is 4.52 Å². The highest BCUT2D eigenvalue weighted by Gasteiger charge is 2.08. The first-order chi connectivity index (χ1) is 6.25.